The first-order valence-corrected chi connectivity index (χ1v) is 12.8. The molecule has 4 rings (SSSR count). The zero-order valence-corrected chi connectivity index (χ0v) is 20.5. The third-order valence-corrected chi connectivity index (χ3v) is 9.95. The van der Waals surface area contributed by atoms with Crippen molar-refractivity contribution in [2.45, 2.75) is 77.6 Å². The van der Waals surface area contributed by atoms with Crippen molar-refractivity contribution in [3.63, 3.8) is 0 Å². The number of aliphatic hydroxyl groups excluding tert-OH is 2. The van der Waals surface area contributed by atoms with Crippen LogP contribution in [0.15, 0.2) is 36.4 Å². The van der Waals surface area contributed by atoms with Crippen molar-refractivity contribution in [1.82, 2.24) is 5.32 Å². The van der Waals surface area contributed by atoms with E-state index in [1.165, 1.54) is 5.57 Å². The molecule has 0 spiro atoms. The quantitative estimate of drug-likeness (QED) is 0.442. The van der Waals surface area contributed by atoms with Crippen molar-refractivity contribution < 1.29 is 23.4 Å². The molecule has 3 nitrogen and oxygen atoms in total. The zero-order valence-electron chi connectivity index (χ0n) is 20.5. The van der Waals surface area contributed by atoms with Gasteiger partial charge in [0.1, 0.15) is 0 Å². The molecular weight excluding hydrogens is 439 g/mol. The van der Waals surface area contributed by atoms with Crippen LogP contribution in [0.5, 0.6) is 0 Å². The van der Waals surface area contributed by atoms with Crippen molar-refractivity contribution >= 4 is 0 Å². The largest absolute Gasteiger partial charge is 0.416 e. The molecule has 3 fully saturated rings. The minimum atomic E-state index is -4.32. The highest BCUT2D eigenvalue weighted by Gasteiger charge is 2.56. The first-order valence-electron chi connectivity index (χ1n) is 12.8. The Morgan fingerprint density at radius 1 is 1.06 bits per heavy atom. The molecule has 0 aromatic heterocycles. The van der Waals surface area contributed by atoms with Gasteiger partial charge in [0.05, 0.1) is 11.7 Å². The number of hydrogen-bond acceptors (Lipinski definition) is 3. The van der Waals surface area contributed by atoms with E-state index in [1.807, 2.05) is 0 Å². The molecule has 0 radical (unpaired) electrons. The van der Waals surface area contributed by atoms with Gasteiger partial charge in [-0.1, -0.05) is 38.1 Å². The fraction of sp³-hybridized carbons (Fsp3) is 0.714. The Hall–Kier alpha value is -1.37. The Labute approximate surface area is 201 Å². The fourth-order valence-electron chi connectivity index (χ4n) is 7.66. The molecule has 3 saturated carbocycles. The smallest absolute Gasteiger partial charge is 0.396 e. The van der Waals surface area contributed by atoms with Crippen LogP contribution < -0.4 is 5.32 Å². The summed E-state index contributed by atoms with van der Waals surface area (Å²) in [5.41, 5.74) is 1.69. The van der Waals surface area contributed by atoms with Gasteiger partial charge in [0, 0.05) is 13.2 Å². The van der Waals surface area contributed by atoms with E-state index >= 15 is 0 Å². The highest BCUT2D eigenvalue weighted by molar-refractivity contribution is 5.25. The predicted octanol–water partition coefficient (Wildman–Crippen LogP) is 5.95. The lowest BCUT2D eigenvalue weighted by Gasteiger charge is -2.56. The van der Waals surface area contributed by atoms with Gasteiger partial charge >= 0.3 is 6.18 Å². The maximum atomic E-state index is 12.9. The maximum absolute atomic E-state index is 12.9. The van der Waals surface area contributed by atoms with Gasteiger partial charge in [-0.3, -0.25) is 0 Å². The van der Waals surface area contributed by atoms with Gasteiger partial charge in [-0.15, -0.1) is 0 Å². The Morgan fingerprint density at radius 2 is 1.76 bits per heavy atom. The molecule has 0 saturated heterocycles. The molecule has 190 valence electrons. The van der Waals surface area contributed by atoms with Crippen LogP contribution in [-0.2, 0) is 12.7 Å². The summed E-state index contributed by atoms with van der Waals surface area (Å²) in [6.45, 7) is 10.5. The molecule has 6 heteroatoms. The molecular formula is C28H40F3NO2. The molecule has 3 N–H and O–H groups in total. The Kier molecular flexibility index (Phi) is 7.25. The number of rotatable bonds is 6. The van der Waals surface area contributed by atoms with Crippen LogP contribution in [0.25, 0.3) is 0 Å². The van der Waals surface area contributed by atoms with Crippen molar-refractivity contribution in [1.29, 1.82) is 0 Å². The number of aliphatic hydroxyl groups is 2. The van der Waals surface area contributed by atoms with E-state index in [1.54, 1.807) is 12.1 Å². The minimum absolute atomic E-state index is 0.0278. The second kappa shape index (κ2) is 9.59. The summed E-state index contributed by atoms with van der Waals surface area (Å²) in [5.74, 6) is 1.44. The Morgan fingerprint density at radius 3 is 2.41 bits per heavy atom. The molecule has 7 atom stereocenters. The van der Waals surface area contributed by atoms with E-state index in [-0.39, 0.29) is 29.5 Å². The lowest BCUT2D eigenvalue weighted by molar-refractivity contribution is -0.137. The Balaban J connectivity index is 1.52. The van der Waals surface area contributed by atoms with Gasteiger partial charge in [-0.2, -0.15) is 13.2 Å². The number of benzene rings is 1. The summed E-state index contributed by atoms with van der Waals surface area (Å²) in [7, 11) is 0. The van der Waals surface area contributed by atoms with Crippen LogP contribution in [0.1, 0.15) is 69.9 Å². The third-order valence-electron chi connectivity index (χ3n) is 9.95. The Bertz CT molecular complexity index is 869. The van der Waals surface area contributed by atoms with Gasteiger partial charge in [0.15, 0.2) is 0 Å². The average molecular weight is 480 g/mol. The van der Waals surface area contributed by atoms with Gasteiger partial charge in [0.25, 0.3) is 0 Å². The predicted molar refractivity (Wildman–Crippen MR) is 128 cm³/mol. The summed E-state index contributed by atoms with van der Waals surface area (Å²) >= 11 is 0. The molecule has 1 aromatic carbocycles. The topological polar surface area (TPSA) is 52.5 Å². The first-order chi connectivity index (χ1) is 16.0. The van der Waals surface area contributed by atoms with Crippen LogP contribution in [0.4, 0.5) is 13.2 Å². The number of hydrogen-bond donors (Lipinski definition) is 3. The number of halogens is 3. The number of fused-ring (bicyclic) bond motifs is 1. The molecule has 34 heavy (non-hydrogen) atoms. The molecule has 0 bridgehead atoms. The molecule has 0 heterocycles. The van der Waals surface area contributed by atoms with Crippen LogP contribution in [0, 0.1) is 34.5 Å². The highest BCUT2D eigenvalue weighted by atomic mass is 19.4. The van der Waals surface area contributed by atoms with E-state index < -0.39 is 11.7 Å². The molecule has 3 aliphatic carbocycles. The summed E-state index contributed by atoms with van der Waals surface area (Å²) in [5, 5.41) is 24.1. The molecule has 1 aromatic rings. The summed E-state index contributed by atoms with van der Waals surface area (Å²) in [6.07, 6.45) is 2.10. The SMILES string of the molecule is C=C1CCC2C(CNCc3ccc(C(F)(F)F)cc3)C(C3(C)CCC(O)CC3CO)CCC12C. The van der Waals surface area contributed by atoms with E-state index in [0.29, 0.717) is 30.7 Å². The second-order valence-electron chi connectivity index (χ2n) is 11.6. The van der Waals surface area contributed by atoms with Crippen molar-refractivity contribution in [3.05, 3.63) is 47.5 Å². The molecule has 0 aliphatic heterocycles. The minimum Gasteiger partial charge on any atom is -0.396 e. The van der Waals surface area contributed by atoms with Crippen molar-refractivity contribution in [3.8, 4) is 0 Å². The molecule has 3 aliphatic rings. The van der Waals surface area contributed by atoms with Crippen molar-refractivity contribution in [2.75, 3.05) is 13.2 Å². The summed E-state index contributed by atoms with van der Waals surface area (Å²) in [6, 6.07) is 5.42. The van der Waals surface area contributed by atoms with Gasteiger partial charge < -0.3 is 15.5 Å². The van der Waals surface area contributed by atoms with E-state index in [9.17, 15) is 23.4 Å². The molecule has 7 unspecified atom stereocenters. The average Bonchev–Trinajstić information content (AvgIpc) is 3.10. The fourth-order valence-corrected chi connectivity index (χ4v) is 7.66. The van der Waals surface area contributed by atoms with E-state index in [4.69, 9.17) is 0 Å². The van der Waals surface area contributed by atoms with Gasteiger partial charge in [0.2, 0.25) is 0 Å². The highest BCUT2D eigenvalue weighted by Crippen LogP contribution is 2.63. The van der Waals surface area contributed by atoms with E-state index in [2.05, 4.69) is 25.7 Å². The van der Waals surface area contributed by atoms with E-state index in [0.717, 1.165) is 62.8 Å². The van der Waals surface area contributed by atoms with Crippen LogP contribution in [0.2, 0.25) is 0 Å². The van der Waals surface area contributed by atoms with Crippen LogP contribution >= 0.6 is 0 Å². The third kappa shape index (κ3) is 4.70. The standard InChI is InChI=1S/C28H40F3NO2/c1-18-4-9-24-23(16-32-15-19-5-7-20(8-6-19)28(29,30)31)25(11-13-26(18,24)2)27(3)12-10-22(34)14-21(27)17-33/h5-8,21-25,32-34H,1,4,9-17H2,2-3H3. The van der Waals surface area contributed by atoms with Gasteiger partial charge in [-0.25, -0.2) is 0 Å². The summed E-state index contributed by atoms with van der Waals surface area (Å²) in [4.78, 5) is 0. The van der Waals surface area contributed by atoms with Crippen LogP contribution in [-0.4, -0.2) is 29.5 Å². The number of alkyl halides is 3. The number of allylic oxidation sites excluding steroid dienone is 1. The molecule has 0 amide bonds. The monoisotopic (exact) mass is 479 g/mol. The zero-order chi connectivity index (χ0) is 24.7. The first kappa shape index (κ1) is 25.7. The maximum Gasteiger partial charge on any atom is 0.416 e. The second-order valence-corrected chi connectivity index (χ2v) is 11.6. The normalized spacial score (nSPS) is 38.7. The lowest BCUT2D eigenvalue weighted by Crippen LogP contribution is -2.53. The van der Waals surface area contributed by atoms with Crippen LogP contribution in [0.3, 0.4) is 0 Å². The van der Waals surface area contributed by atoms with Gasteiger partial charge in [-0.05, 0) is 104 Å². The lowest BCUT2D eigenvalue weighted by atomic mass is 9.49. The number of nitrogens with one attached hydrogen (secondary N) is 1. The van der Waals surface area contributed by atoms with Crippen molar-refractivity contribution in [2.24, 2.45) is 34.5 Å². The summed E-state index contributed by atoms with van der Waals surface area (Å²) < 4.78 is 38.7.